The number of hydrogen-bond donors (Lipinski definition) is 1. The van der Waals surface area contributed by atoms with Gasteiger partial charge in [-0.2, -0.15) is 0 Å². The minimum atomic E-state index is 0.325. The maximum absolute atomic E-state index is 9.13. The smallest absolute Gasteiger partial charge is 0.161 e. The molecule has 1 N–H and O–H groups in total. The van der Waals surface area contributed by atoms with Gasteiger partial charge < -0.3 is 14.6 Å². The highest BCUT2D eigenvalue weighted by Gasteiger charge is 2.18. The first-order valence-electron chi connectivity index (χ1n) is 7.51. The zero-order valence-corrected chi connectivity index (χ0v) is 12.3. The fraction of sp³-hybridized carbons (Fsp3) is 0.625. The van der Waals surface area contributed by atoms with E-state index < -0.39 is 0 Å². The molecule has 1 aliphatic heterocycles. The van der Waals surface area contributed by atoms with Crippen molar-refractivity contribution in [3.8, 4) is 11.5 Å². The molecule has 4 heteroatoms. The summed E-state index contributed by atoms with van der Waals surface area (Å²) >= 11 is 0. The molecule has 4 nitrogen and oxygen atoms in total. The average molecular weight is 279 g/mol. The first-order valence-corrected chi connectivity index (χ1v) is 7.51. The third kappa shape index (κ3) is 4.39. The van der Waals surface area contributed by atoms with Crippen LogP contribution in [0.25, 0.3) is 0 Å². The number of rotatable bonds is 7. The summed E-state index contributed by atoms with van der Waals surface area (Å²) < 4.78 is 11.4. The number of ether oxygens (including phenoxy) is 2. The number of nitrogens with zero attached hydrogens (tertiary/aromatic N) is 1. The third-order valence-electron chi connectivity index (χ3n) is 3.78. The van der Waals surface area contributed by atoms with Crippen molar-refractivity contribution < 1.29 is 14.6 Å². The van der Waals surface area contributed by atoms with Gasteiger partial charge in [-0.05, 0) is 50.9 Å². The first kappa shape index (κ1) is 15.1. The van der Waals surface area contributed by atoms with Crippen molar-refractivity contribution in [2.45, 2.75) is 19.8 Å². The topological polar surface area (TPSA) is 41.9 Å². The van der Waals surface area contributed by atoms with Gasteiger partial charge in [-0.15, -0.1) is 0 Å². The SMILES string of the molecule is CCOc1ccccc1OCCN1CCC(CO)CC1. The minimum absolute atomic E-state index is 0.325. The molecule has 1 saturated heterocycles. The van der Waals surface area contributed by atoms with Crippen LogP contribution in [-0.4, -0.2) is 49.5 Å². The molecule has 1 aromatic rings. The molecule has 0 atom stereocenters. The van der Waals surface area contributed by atoms with Crippen LogP contribution in [0.4, 0.5) is 0 Å². The standard InChI is InChI=1S/C16H25NO3/c1-2-19-15-5-3-4-6-16(15)20-12-11-17-9-7-14(13-18)8-10-17/h3-6,14,18H,2,7-13H2,1H3. The number of benzene rings is 1. The number of aliphatic hydroxyl groups is 1. The second-order valence-electron chi connectivity index (χ2n) is 5.20. The lowest BCUT2D eigenvalue weighted by Gasteiger charge is -2.30. The number of hydrogen-bond acceptors (Lipinski definition) is 4. The van der Waals surface area contributed by atoms with Crippen LogP contribution in [0.5, 0.6) is 11.5 Å². The van der Waals surface area contributed by atoms with E-state index >= 15 is 0 Å². The van der Waals surface area contributed by atoms with Gasteiger partial charge in [-0.3, -0.25) is 4.90 Å². The summed E-state index contributed by atoms with van der Waals surface area (Å²) in [6.45, 7) is 6.67. The predicted octanol–water partition coefficient (Wildman–Crippen LogP) is 2.17. The lowest BCUT2D eigenvalue weighted by molar-refractivity contribution is 0.118. The second-order valence-corrected chi connectivity index (χ2v) is 5.20. The molecule has 2 rings (SSSR count). The number of piperidine rings is 1. The maximum atomic E-state index is 9.13. The Labute approximate surface area is 121 Å². The molecule has 0 amide bonds. The van der Waals surface area contributed by atoms with Gasteiger partial charge in [0.05, 0.1) is 6.61 Å². The lowest BCUT2D eigenvalue weighted by Crippen LogP contribution is -2.37. The van der Waals surface area contributed by atoms with E-state index in [2.05, 4.69) is 4.90 Å². The van der Waals surface area contributed by atoms with Gasteiger partial charge in [-0.25, -0.2) is 0 Å². The molecular weight excluding hydrogens is 254 g/mol. The Morgan fingerprint density at radius 2 is 1.80 bits per heavy atom. The molecule has 1 fully saturated rings. The lowest BCUT2D eigenvalue weighted by atomic mass is 9.98. The van der Waals surface area contributed by atoms with Crippen molar-refractivity contribution in [1.82, 2.24) is 4.90 Å². The number of aliphatic hydroxyl groups excluding tert-OH is 1. The summed E-state index contributed by atoms with van der Waals surface area (Å²) in [6, 6.07) is 7.80. The third-order valence-corrected chi connectivity index (χ3v) is 3.78. The Balaban J connectivity index is 1.73. The molecule has 0 unspecified atom stereocenters. The molecule has 0 saturated carbocycles. The van der Waals surface area contributed by atoms with Crippen LogP contribution in [-0.2, 0) is 0 Å². The highest BCUT2D eigenvalue weighted by atomic mass is 16.5. The van der Waals surface area contributed by atoms with Gasteiger partial charge in [0.2, 0.25) is 0 Å². The maximum Gasteiger partial charge on any atom is 0.161 e. The molecule has 0 spiro atoms. The van der Waals surface area contributed by atoms with Gasteiger partial charge in [0.1, 0.15) is 6.61 Å². The average Bonchev–Trinajstić information content (AvgIpc) is 2.50. The van der Waals surface area contributed by atoms with Crippen LogP contribution >= 0.6 is 0 Å². The quantitative estimate of drug-likeness (QED) is 0.830. The summed E-state index contributed by atoms with van der Waals surface area (Å²) in [5.41, 5.74) is 0. The summed E-state index contributed by atoms with van der Waals surface area (Å²) in [7, 11) is 0. The van der Waals surface area contributed by atoms with Crippen molar-refractivity contribution in [2.24, 2.45) is 5.92 Å². The van der Waals surface area contributed by atoms with Gasteiger partial charge in [0.15, 0.2) is 11.5 Å². The van der Waals surface area contributed by atoms with Crippen LogP contribution in [0.3, 0.4) is 0 Å². The zero-order chi connectivity index (χ0) is 14.2. The fourth-order valence-corrected chi connectivity index (χ4v) is 2.52. The van der Waals surface area contributed by atoms with E-state index in [9.17, 15) is 0 Å². The summed E-state index contributed by atoms with van der Waals surface area (Å²) in [5.74, 6) is 2.12. The van der Waals surface area contributed by atoms with Crippen molar-refractivity contribution >= 4 is 0 Å². The second kappa shape index (κ2) is 8.12. The van der Waals surface area contributed by atoms with Crippen molar-refractivity contribution in [3.05, 3.63) is 24.3 Å². The van der Waals surface area contributed by atoms with E-state index in [-0.39, 0.29) is 0 Å². The Morgan fingerprint density at radius 1 is 1.15 bits per heavy atom. The van der Waals surface area contributed by atoms with E-state index in [1.54, 1.807) is 0 Å². The van der Waals surface area contributed by atoms with E-state index in [1.807, 2.05) is 31.2 Å². The molecule has 1 aliphatic rings. The number of para-hydroxylation sites is 2. The van der Waals surface area contributed by atoms with E-state index in [1.165, 1.54) is 0 Å². The molecule has 1 aromatic carbocycles. The molecule has 0 aromatic heterocycles. The van der Waals surface area contributed by atoms with Gasteiger partial charge in [-0.1, -0.05) is 12.1 Å². The highest BCUT2D eigenvalue weighted by Crippen LogP contribution is 2.26. The van der Waals surface area contributed by atoms with Crippen LogP contribution in [0.1, 0.15) is 19.8 Å². The van der Waals surface area contributed by atoms with Crippen molar-refractivity contribution in [2.75, 3.05) is 39.5 Å². The zero-order valence-electron chi connectivity index (χ0n) is 12.3. The van der Waals surface area contributed by atoms with Crippen LogP contribution in [0.15, 0.2) is 24.3 Å². The Morgan fingerprint density at radius 3 is 2.40 bits per heavy atom. The molecule has 0 aliphatic carbocycles. The van der Waals surface area contributed by atoms with E-state index in [0.717, 1.165) is 44.0 Å². The van der Waals surface area contributed by atoms with Crippen LogP contribution in [0.2, 0.25) is 0 Å². The largest absolute Gasteiger partial charge is 0.490 e. The molecule has 1 heterocycles. The summed E-state index contributed by atoms with van der Waals surface area (Å²) in [6.07, 6.45) is 2.18. The first-order chi connectivity index (χ1) is 9.83. The minimum Gasteiger partial charge on any atom is -0.490 e. The molecule has 112 valence electrons. The Bertz CT molecular complexity index is 389. The highest BCUT2D eigenvalue weighted by molar-refractivity contribution is 5.39. The Hall–Kier alpha value is -1.26. The molecule has 0 bridgehead atoms. The normalized spacial score (nSPS) is 17.1. The van der Waals surface area contributed by atoms with Crippen LogP contribution in [0, 0.1) is 5.92 Å². The Kier molecular flexibility index (Phi) is 6.15. The van der Waals surface area contributed by atoms with E-state index in [0.29, 0.717) is 25.7 Å². The summed E-state index contributed by atoms with van der Waals surface area (Å²) in [4.78, 5) is 2.40. The molecule has 0 radical (unpaired) electrons. The van der Waals surface area contributed by atoms with Gasteiger partial charge in [0.25, 0.3) is 0 Å². The molecule has 20 heavy (non-hydrogen) atoms. The number of likely N-dealkylation sites (tertiary alicyclic amines) is 1. The van der Waals surface area contributed by atoms with Crippen molar-refractivity contribution in [3.63, 3.8) is 0 Å². The van der Waals surface area contributed by atoms with Crippen molar-refractivity contribution in [1.29, 1.82) is 0 Å². The predicted molar refractivity (Wildman–Crippen MR) is 79.4 cm³/mol. The summed E-state index contributed by atoms with van der Waals surface area (Å²) in [5, 5.41) is 9.13. The monoisotopic (exact) mass is 279 g/mol. The van der Waals surface area contributed by atoms with Gasteiger partial charge in [0, 0.05) is 13.2 Å². The fourth-order valence-electron chi connectivity index (χ4n) is 2.52. The van der Waals surface area contributed by atoms with E-state index in [4.69, 9.17) is 14.6 Å². The van der Waals surface area contributed by atoms with Gasteiger partial charge >= 0.3 is 0 Å². The molecular formula is C16H25NO3. The van der Waals surface area contributed by atoms with Crippen LogP contribution < -0.4 is 9.47 Å².